The molecule has 0 aliphatic carbocycles. The quantitative estimate of drug-likeness (QED) is 0.548. The van der Waals surface area contributed by atoms with Gasteiger partial charge in [-0.05, 0) is 66.8 Å². The fourth-order valence-electron chi connectivity index (χ4n) is 3.03. The molecule has 1 aliphatic heterocycles. The molecule has 0 N–H and O–H groups in total. The zero-order valence-electron chi connectivity index (χ0n) is 13.5. The maximum absolute atomic E-state index is 14.5. The van der Waals surface area contributed by atoms with Crippen LogP contribution < -0.4 is 4.90 Å². The number of aryl methyl sites for hydroxylation is 1. The lowest BCUT2D eigenvalue weighted by Gasteiger charge is -2.19. The van der Waals surface area contributed by atoms with E-state index in [1.165, 1.54) is 6.07 Å². The Labute approximate surface area is 146 Å². The largest absolute Gasteiger partial charge is 0.369 e. The first-order chi connectivity index (χ1) is 11.6. The minimum atomic E-state index is -0.239. The van der Waals surface area contributed by atoms with E-state index in [1.807, 2.05) is 19.1 Å². The zero-order chi connectivity index (χ0) is 17.1. The van der Waals surface area contributed by atoms with Gasteiger partial charge in [0.05, 0.1) is 17.3 Å². The lowest BCUT2D eigenvalue weighted by molar-refractivity contribution is 0.622. The number of nitrogens with zero attached hydrogens (tertiary/aromatic N) is 2. The number of benzene rings is 2. The molecule has 1 fully saturated rings. The highest BCUT2D eigenvalue weighted by Crippen LogP contribution is 2.29. The van der Waals surface area contributed by atoms with E-state index in [0.717, 1.165) is 37.1 Å². The van der Waals surface area contributed by atoms with Crippen molar-refractivity contribution in [3.8, 4) is 6.07 Å². The lowest BCUT2D eigenvalue weighted by atomic mass is 10.0. The fraction of sp³-hybridized carbons (Fsp3) is 0.250. The van der Waals surface area contributed by atoms with Gasteiger partial charge in [0.1, 0.15) is 5.82 Å². The van der Waals surface area contributed by atoms with Crippen LogP contribution in [0.1, 0.15) is 29.5 Å². The Morgan fingerprint density at radius 3 is 2.67 bits per heavy atom. The molecule has 1 heterocycles. The smallest absolute Gasteiger partial charge is 0.147 e. The number of anilines is 1. The molecule has 0 amide bonds. The predicted molar refractivity (Wildman–Crippen MR) is 97.5 cm³/mol. The molecule has 2 nitrogen and oxygen atoms in total. The standard InChI is InChI=1S/C20H18ClFN2/c1-14-9-20(24-7-2-3-8-24)19(22)12-16(14)10-17(13-23)15-5-4-6-18(21)11-15/h4-6,9-12H,2-3,7-8H2,1H3/b17-10-. The molecule has 0 bridgehead atoms. The Bertz CT molecular complexity index is 830. The summed E-state index contributed by atoms with van der Waals surface area (Å²) < 4.78 is 14.5. The molecule has 4 heteroatoms. The first-order valence-corrected chi connectivity index (χ1v) is 8.39. The molecule has 0 radical (unpaired) electrons. The lowest BCUT2D eigenvalue weighted by Crippen LogP contribution is -2.19. The van der Waals surface area contributed by atoms with Crippen LogP contribution in [0.3, 0.4) is 0 Å². The second-order valence-corrected chi connectivity index (χ2v) is 6.47. The molecule has 2 aromatic rings. The average Bonchev–Trinajstić information content (AvgIpc) is 3.09. The summed E-state index contributed by atoms with van der Waals surface area (Å²) >= 11 is 6.00. The van der Waals surface area contributed by atoms with Gasteiger partial charge in [0.2, 0.25) is 0 Å². The summed E-state index contributed by atoms with van der Waals surface area (Å²) in [5.74, 6) is -0.239. The van der Waals surface area contributed by atoms with Crippen LogP contribution in [0.5, 0.6) is 0 Å². The van der Waals surface area contributed by atoms with Crippen molar-refractivity contribution in [2.24, 2.45) is 0 Å². The SMILES string of the molecule is Cc1cc(N2CCCC2)c(F)cc1/C=C(/C#N)c1cccc(Cl)c1. The van der Waals surface area contributed by atoms with Gasteiger partial charge < -0.3 is 4.90 Å². The van der Waals surface area contributed by atoms with Crippen LogP contribution in [-0.4, -0.2) is 13.1 Å². The minimum Gasteiger partial charge on any atom is -0.369 e. The molecule has 24 heavy (non-hydrogen) atoms. The monoisotopic (exact) mass is 340 g/mol. The van der Waals surface area contributed by atoms with Crippen LogP contribution in [0.25, 0.3) is 11.6 Å². The Hall–Kier alpha value is -2.31. The van der Waals surface area contributed by atoms with Crippen molar-refractivity contribution < 1.29 is 4.39 Å². The van der Waals surface area contributed by atoms with Gasteiger partial charge in [0.15, 0.2) is 0 Å². The van der Waals surface area contributed by atoms with Crippen molar-refractivity contribution in [2.45, 2.75) is 19.8 Å². The van der Waals surface area contributed by atoms with Crippen molar-refractivity contribution >= 4 is 28.9 Å². The van der Waals surface area contributed by atoms with Gasteiger partial charge in [-0.15, -0.1) is 0 Å². The molecule has 0 saturated carbocycles. The van der Waals surface area contributed by atoms with Gasteiger partial charge in [-0.25, -0.2) is 4.39 Å². The fourth-order valence-corrected chi connectivity index (χ4v) is 3.22. The van der Waals surface area contributed by atoms with Crippen LogP contribution in [-0.2, 0) is 0 Å². The molecule has 0 spiro atoms. The summed E-state index contributed by atoms with van der Waals surface area (Å²) in [6.07, 6.45) is 3.93. The van der Waals surface area contributed by atoms with E-state index in [9.17, 15) is 9.65 Å². The second kappa shape index (κ2) is 7.07. The second-order valence-electron chi connectivity index (χ2n) is 6.03. The van der Waals surface area contributed by atoms with Gasteiger partial charge in [-0.1, -0.05) is 23.7 Å². The van der Waals surface area contributed by atoms with Crippen LogP contribution >= 0.6 is 11.6 Å². The van der Waals surface area contributed by atoms with Crippen LogP contribution in [0.15, 0.2) is 36.4 Å². The third-order valence-corrected chi connectivity index (χ3v) is 4.57. The molecule has 2 aromatic carbocycles. The van der Waals surface area contributed by atoms with Crippen LogP contribution in [0.2, 0.25) is 5.02 Å². The summed E-state index contributed by atoms with van der Waals surface area (Å²) in [5, 5.41) is 10.0. The van der Waals surface area contributed by atoms with Crippen LogP contribution in [0.4, 0.5) is 10.1 Å². The van der Waals surface area contributed by atoms with Crippen molar-refractivity contribution in [1.29, 1.82) is 5.26 Å². The van der Waals surface area contributed by atoms with Crippen molar-refractivity contribution in [3.63, 3.8) is 0 Å². The zero-order valence-corrected chi connectivity index (χ0v) is 14.3. The van der Waals surface area contributed by atoms with E-state index >= 15 is 0 Å². The van der Waals surface area contributed by atoms with E-state index in [1.54, 1.807) is 24.3 Å². The molecular formula is C20H18ClFN2. The molecule has 0 unspecified atom stereocenters. The van der Waals surface area contributed by atoms with Crippen molar-refractivity contribution in [2.75, 3.05) is 18.0 Å². The van der Waals surface area contributed by atoms with Crippen molar-refractivity contribution in [1.82, 2.24) is 0 Å². The van der Waals surface area contributed by atoms with Crippen LogP contribution in [0, 0.1) is 24.1 Å². The molecule has 0 atom stereocenters. The maximum Gasteiger partial charge on any atom is 0.147 e. The molecule has 122 valence electrons. The number of allylic oxidation sites excluding steroid dienone is 1. The summed E-state index contributed by atoms with van der Waals surface area (Å²) in [7, 11) is 0. The van der Waals surface area contributed by atoms with Gasteiger partial charge in [0.25, 0.3) is 0 Å². The van der Waals surface area contributed by atoms with E-state index in [2.05, 4.69) is 11.0 Å². The Kier molecular flexibility index (Phi) is 4.87. The number of hydrogen-bond acceptors (Lipinski definition) is 2. The van der Waals surface area contributed by atoms with E-state index in [-0.39, 0.29) is 5.82 Å². The van der Waals surface area contributed by atoms with Crippen molar-refractivity contribution in [3.05, 3.63) is 63.9 Å². The summed E-state index contributed by atoms with van der Waals surface area (Å²) in [6, 6.07) is 12.7. The molecule has 1 aliphatic rings. The molecule has 0 aromatic heterocycles. The Morgan fingerprint density at radius 1 is 1.25 bits per heavy atom. The molecular weight excluding hydrogens is 323 g/mol. The minimum absolute atomic E-state index is 0.239. The number of rotatable bonds is 3. The first-order valence-electron chi connectivity index (χ1n) is 8.01. The van der Waals surface area contributed by atoms with Gasteiger partial charge >= 0.3 is 0 Å². The van der Waals surface area contributed by atoms with E-state index in [0.29, 0.717) is 21.8 Å². The van der Waals surface area contributed by atoms with E-state index < -0.39 is 0 Å². The van der Waals surface area contributed by atoms with Gasteiger partial charge in [-0.3, -0.25) is 0 Å². The Morgan fingerprint density at radius 2 is 2.00 bits per heavy atom. The maximum atomic E-state index is 14.5. The highest BCUT2D eigenvalue weighted by molar-refractivity contribution is 6.30. The highest BCUT2D eigenvalue weighted by atomic mass is 35.5. The van der Waals surface area contributed by atoms with E-state index in [4.69, 9.17) is 11.6 Å². The topological polar surface area (TPSA) is 27.0 Å². The first kappa shape index (κ1) is 16.5. The molecule has 1 saturated heterocycles. The summed E-state index contributed by atoms with van der Waals surface area (Å²) in [4.78, 5) is 2.08. The Balaban J connectivity index is 1.99. The van der Waals surface area contributed by atoms with Gasteiger partial charge in [-0.2, -0.15) is 5.26 Å². The average molecular weight is 341 g/mol. The normalized spacial score (nSPS) is 14.8. The number of nitriles is 1. The van der Waals surface area contributed by atoms with Gasteiger partial charge in [0, 0.05) is 18.1 Å². The summed E-state index contributed by atoms with van der Waals surface area (Å²) in [5.41, 5.74) is 3.52. The molecule has 3 rings (SSSR count). The number of halogens is 2. The summed E-state index contributed by atoms with van der Waals surface area (Å²) in [6.45, 7) is 3.74. The number of hydrogen-bond donors (Lipinski definition) is 0. The third-order valence-electron chi connectivity index (χ3n) is 4.34. The predicted octanol–water partition coefficient (Wildman–Crippen LogP) is 5.45. The third kappa shape index (κ3) is 3.44. The highest BCUT2D eigenvalue weighted by Gasteiger charge is 2.17.